The topological polar surface area (TPSA) is 26.0 Å². The third-order valence-corrected chi connectivity index (χ3v) is 4.45. The van der Waals surface area contributed by atoms with Gasteiger partial charge in [-0.15, -0.1) is 0 Å². The standard InChI is InChI=1S/C13H9Br3FN/c14-8-2-4-10(15)9(6-8)13(18)7-1-3-11(16)12(17)5-7/h1-6,13H,18H2. The van der Waals surface area contributed by atoms with E-state index in [1.54, 1.807) is 6.07 Å². The first-order valence-corrected chi connectivity index (χ1v) is 7.52. The Morgan fingerprint density at radius 1 is 0.944 bits per heavy atom. The monoisotopic (exact) mass is 435 g/mol. The van der Waals surface area contributed by atoms with Gasteiger partial charge in [-0.25, -0.2) is 4.39 Å². The van der Waals surface area contributed by atoms with Gasteiger partial charge in [0.1, 0.15) is 5.82 Å². The van der Waals surface area contributed by atoms with Gasteiger partial charge in [-0.3, -0.25) is 0 Å². The molecule has 0 fully saturated rings. The molecule has 94 valence electrons. The van der Waals surface area contributed by atoms with Gasteiger partial charge in [-0.2, -0.15) is 0 Å². The van der Waals surface area contributed by atoms with E-state index in [2.05, 4.69) is 47.8 Å². The molecule has 2 aromatic carbocycles. The molecule has 0 radical (unpaired) electrons. The summed E-state index contributed by atoms with van der Waals surface area (Å²) in [4.78, 5) is 0. The van der Waals surface area contributed by atoms with E-state index in [0.29, 0.717) is 4.47 Å². The quantitative estimate of drug-likeness (QED) is 0.689. The predicted octanol–water partition coefficient (Wildman–Crippen LogP) is 5.16. The summed E-state index contributed by atoms with van der Waals surface area (Å²) in [6.45, 7) is 0. The first-order chi connectivity index (χ1) is 8.49. The minimum Gasteiger partial charge on any atom is -0.320 e. The molecule has 0 aromatic heterocycles. The van der Waals surface area contributed by atoms with Gasteiger partial charge in [0.15, 0.2) is 0 Å². The molecular formula is C13H9Br3FN. The van der Waals surface area contributed by atoms with E-state index in [0.717, 1.165) is 20.1 Å². The molecule has 1 nitrogen and oxygen atoms in total. The van der Waals surface area contributed by atoms with Crippen molar-refractivity contribution >= 4 is 47.8 Å². The minimum absolute atomic E-state index is 0.311. The largest absolute Gasteiger partial charge is 0.320 e. The molecule has 0 saturated heterocycles. The molecule has 0 aliphatic heterocycles. The molecule has 0 bridgehead atoms. The summed E-state index contributed by atoms with van der Waals surface area (Å²) in [7, 11) is 0. The summed E-state index contributed by atoms with van der Waals surface area (Å²) in [6.07, 6.45) is 0. The fourth-order valence-corrected chi connectivity index (χ4v) is 2.76. The molecule has 2 rings (SSSR count). The van der Waals surface area contributed by atoms with Gasteiger partial charge in [0.05, 0.1) is 10.5 Å². The second-order valence-corrected chi connectivity index (χ2v) is 6.44. The van der Waals surface area contributed by atoms with Crippen molar-refractivity contribution in [3.05, 3.63) is 66.8 Å². The van der Waals surface area contributed by atoms with Crippen LogP contribution in [-0.2, 0) is 0 Å². The number of hydrogen-bond acceptors (Lipinski definition) is 1. The van der Waals surface area contributed by atoms with Crippen molar-refractivity contribution in [3.63, 3.8) is 0 Å². The lowest BCUT2D eigenvalue weighted by Crippen LogP contribution is -2.12. The van der Waals surface area contributed by atoms with E-state index >= 15 is 0 Å². The molecule has 1 unspecified atom stereocenters. The summed E-state index contributed by atoms with van der Waals surface area (Å²) >= 11 is 9.99. The molecule has 0 aliphatic rings. The Balaban J connectivity index is 2.44. The van der Waals surface area contributed by atoms with Crippen molar-refractivity contribution in [2.75, 3.05) is 0 Å². The van der Waals surface area contributed by atoms with Crippen LogP contribution in [0.3, 0.4) is 0 Å². The number of hydrogen-bond donors (Lipinski definition) is 1. The highest BCUT2D eigenvalue weighted by molar-refractivity contribution is 9.11. The zero-order chi connectivity index (χ0) is 13.3. The first kappa shape index (κ1) is 14.2. The summed E-state index contributed by atoms with van der Waals surface area (Å²) in [6, 6.07) is 10.3. The lowest BCUT2D eigenvalue weighted by atomic mass is 10.00. The molecule has 0 heterocycles. The second kappa shape index (κ2) is 5.82. The lowest BCUT2D eigenvalue weighted by Gasteiger charge is -2.15. The molecule has 0 aliphatic carbocycles. The van der Waals surface area contributed by atoms with Crippen LogP contribution >= 0.6 is 47.8 Å². The van der Waals surface area contributed by atoms with Gasteiger partial charge in [0.2, 0.25) is 0 Å². The highest BCUT2D eigenvalue weighted by Crippen LogP contribution is 2.30. The van der Waals surface area contributed by atoms with Crippen LogP contribution in [-0.4, -0.2) is 0 Å². The van der Waals surface area contributed by atoms with E-state index < -0.39 is 0 Å². The zero-order valence-electron chi connectivity index (χ0n) is 9.13. The van der Waals surface area contributed by atoms with Crippen LogP contribution in [0.1, 0.15) is 17.2 Å². The Morgan fingerprint density at radius 3 is 2.28 bits per heavy atom. The van der Waals surface area contributed by atoms with Crippen molar-refractivity contribution in [1.82, 2.24) is 0 Å². The molecule has 18 heavy (non-hydrogen) atoms. The Labute approximate surface area is 130 Å². The molecule has 0 saturated carbocycles. The number of benzene rings is 2. The third kappa shape index (κ3) is 3.02. The van der Waals surface area contributed by atoms with Crippen LogP contribution in [0.15, 0.2) is 49.8 Å². The highest BCUT2D eigenvalue weighted by atomic mass is 79.9. The van der Waals surface area contributed by atoms with E-state index in [9.17, 15) is 4.39 Å². The van der Waals surface area contributed by atoms with Crippen molar-refractivity contribution < 1.29 is 4.39 Å². The van der Waals surface area contributed by atoms with Crippen LogP contribution in [0.2, 0.25) is 0 Å². The fraction of sp³-hybridized carbons (Fsp3) is 0.0769. The van der Waals surface area contributed by atoms with Gasteiger partial charge >= 0.3 is 0 Å². The van der Waals surface area contributed by atoms with Crippen LogP contribution < -0.4 is 5.73 Å². The maximum Gasteiger partial charge on any atom is 0.137 e. The predicted molar refractivity (Wildman–Crippen MR) is 82.0 cm³/mol. The number of nitrogens with two attached hydrogens (primary N) is 1. The van der Waals surface area contributed by atoms with Crippen molar-refractivity contribution in [3.8, 4) is 0 Å². The van der Waals surface area contributed by atoms with Gasteiger partial charge in [-0.05, 0) is 57.4 Å². The third-order valence-electron chi connectivity index (χ3n) is 2.60. The molecule has 0 amide bonds. The van der Waals surface area contributed by atoms with Gasteiger partial charge in [0.25, 0.3) is 0 Å². The van der Waals surface area contributed by atoms with Crippen molar-refractivity contribution in [2.24, 2.45) is 5.73 Å². The SMILES string of the molecule is NC(c1ccc(Br)c(F)c1)c1cc(Br)ccc1Br. The average Bonchev–Trinajstić information content (AvgIpc) is 2.35. The molecule has 0 spiro atoms. The van der Waals surface area contributed by atoms with Crippen LogP contribution in [0.5, 0.6) is 0 Å². The highest BCUT2D eigenvalue weighted by Gasteiger charge is 2.14. The Bertz CT molecular complexity index is 586. The van der Waals surface area contributed by atoms with Crippen LogP contribution in [0.25, 0.3) is 0 Å². The summed E-state index contributed by atoms with van der Waals surface area (Å²) < 4.78 is 15.8. The summed E-state index contributed by atoms with van der Waals surface area (Å²) in [5.41, 5.74) is 7.81. The summed E-state index contributed by atoms with van der Waals surface area (Å²) in [5, 5.41) is 0. The molecule has 1 atom stereocenters. The minimum atomic E-state index is -0.375. The maximum atomic E-state index is 13.5. The lowest BCUT2D eigenvalue weighted by molar-refractivity contribution is 0.617. The maximum absolute atomic E-state index is 13.5. The summed E-state index contributed by atoms with van der Waals surface area (Å²) in [5.74, 6) is -0.311. The van der Waals surface area contributed by atoms with E-state index in [-0.39, 0.29) is 11.9 Å². The van der Waals surface area contributed by atoms with Crippen molar-refractivity contribution in [1.29, 1.82) is 0 Å². The Morgan fingerprint density at radius 2 is 1.61 bits per heavy atom. The smallest absolute Gasteiger partial charge is 0.137 e. The van der Waals surface area contributed by atoms with Gasteiger partial charge < -0.3 is 5.73 Å². The average molecular weight is 438 g/mol. The normalized spacial score (nSPS) is 12.5. The Hall–Kier alpha value is -0.230. The van der Waals surface area contributed by atoms with E-state index in [1.165, 1.54) is 6.07 Å². The Kier molecular flexibility index (Phi) is 4.59. The zero-order valence-corrected chi connectivity index (χ0v) is 13.9. The first-order valence-electron chi connectivity index (χ1n) is 5.14. The van der Waals surface area contributed by atoms with Gasteiger partial charge in [-0.1, -0.05) is 37.9 Å². The fourth-order valence-electron chi connectivity index (χ4n) is 1.64. The molecular weight excluding hydrogens is 429 g/mol. The molecule has 5 heteroatoms. The molecule has 2 N–H and O–H groups in total. The van der Waals surface area contributed by atoms with Crippen LogP contribution in [0, 0.1) is 5.82 Å². The van der Waals surface area contributed by atoms with Crippen LogP contribution in [0.4, 0.5) is 4.39 Å². The van der Waals surface area contributed by atoms with Gasteiger partial charge in [0, 0.05) is 8.95 Å². The van der Waals surface area contributed by atoms with Crippen molar-refractivity contribution in [2.45, 2.75) is 6.04 Å². The van der Waals surface area contributed by atoms with E-state index in [1.807, 2.05) is 24.3 Å². The van der Waals surface area contributed by atoms with E-state index in [4.69, 9.17) is 5.73 Å². The molecule has 2 aromatic rings. The number of rotatable bonds is 2. The second-order valence-electron chi connectivity index (χ2n) is 3.82. The number of halogens is 4.